The van der Waals surface area contributed by atoms with E-state index in [0.29, 0.717) is 19.5 Å². The third-order valence-electron chi connectivity index (χ3n) is 2.30. The number of hydrogen-bond acceptors (Lipinski definition) is 5. The van der Waals surface area contributed by atoms with Gasteiger partial charge in [-0.15, -0.1) is 11.3 Å². The van der Waals surface area contributed by atoms with Crippen molar-refractivity contribution in [1.82, 2.24) is 15.0 Å². The van der Waals surface area contributed by atoms with E-state index in [1.807, 2.05) is 12.3 Å². The van der Waals surface area contributed by atoms with E-state index in [2.05, 4.69) is 21.9 Å². The molecule has 1 aromatic heterocycles. The first kappa shape index (κ1) is 15.6. The molecule has 0 amide bonds. The quantitative estimate of drug-likeness (QED) is 0.664. The van der Waals surface area contributed by atoms with E-state index < -0.39 is 10.0 Å². The second-order valence-corrected chi connectivity index (χ2v) is 6.96. The van der Waals surface area contributed by atoms with Crippen molar-refractivity contribution in [2.45, 2.75) is 26.7 Å². The number of aromatic nitrogens is 1. The fraction of sp³-hybridized carbons (Fsp3) is 0.727. The molecule has 18 heavy (non-hydrogen) atoms. The topological polar surface area (TPSA) is 71.1 Å². The largest absolute Gasteiger partial charge is 0.316 e. The van der Waals surface area contributed by atoms with Crippen LogP contribution in [-0.4, -0.2) is 38.8 Å². The van der Waals surface area contributed by atoms with Crippen LogP contribution in [0.4, 0.5) is 0 Å². The van der Waals surface area contributed by atoms with Crippen molar-refractivity contribution in [3.8, 4) is 0 Å². The molecule has 0 aromatic carbocycles. The van der Waals surface area contributed by atoms with E-state index in [-0.39, 0.29) is 5.75 Å². The lowest BCUT2D eigenvalue weighted by Crippen LogP contribution is -2.33. The van der Waals surface area contributed by atoms with E-state index >= 15 is 0 Å². The van der Waals surface area contributed by atoms with Crippen LogP contribution in [0.1, 0.15) is 24.0 Å². The Bertz CT molecular complexity index is 443. The molecule has 1 aromatic rings. The van der Waals surface area contributed by atoms with Gasteiger partial charge in [-0.05, 0) is 19.9 Å². The molecular formula is C11H21N3O2S2. The number of aryl methyl sites for hydroxylation is 1. The molecule has 1 rings (SSSR count). The predicted octanol–water partition coefficient (Wildman–Crippen LogP) is 0.913. The van der Waals surface area contributed by atoms with E-state index in [1.165, 1.54) is 0 Å². The van der Waals surface area contributed by atoms with Gasteiger partial charge in [0.2, 0.25) is 10.0 Å². The van der Waals surface area contributed by atoms with Gasteiger partial charge >= 0.3 is 0 Å². The van der Waals surface area contributed by atoms with Crippen LogP contribution in [0, 0.1) is 6.92 Å². The molecule has 0 unspecified atom stereocenters. The third kappa shape index (κ3) is 6.44. The highest BCUT2D eigenvalue weighted by molar-refractivity contribution is 7.89. The minimum Gasteiger partial charge on any atom is -0.316 e. The highest BCUT2D eigenvalue weighted by atomic mass is 32.2. The molecule has 0 fully saturated rings. The van der Waals surface area contributed by atoms with Crippen molar-refractivity contribution in [3.63, 3.8) is 0 Å². The van der Waals surface area contributed by atoms with Gasteiger partial charge in [0.05, 0.1) is 10.8 Å². The van der Waals surface area contributed by atoms with E-state index in [0.717, 1.165) is 23.7 Å². The zero-order valence-corrected chi connectivity index (χ0v) is 12.5. The van der Waals surface area contributed by atoms with Gasteiger partial charge in [0, 0.05) is 30.6 Å². The van der Waals surface area contributed by atoms with Gasteiger partial charge in [-0.25, -0.2) is 18.1 Å². The highest BCUT2D eigenvalue weighted by Crippen LogP contribution is 2.08. The fourth-order valence-electron chi connectivity index (χ4n) is 1.41. The maximum Gasteiger partial charge on any atom is 0.212 e. The molecular weight excluding hydrogens is 270 g/mol. The van der Waals surface area contributed by atoms with Crippen molar-refractivity contribution in [2.24, 2.45) is 0 Å². The predicted molar refractivity (Wildman–Crippen MR) is 75.5 cm³/mol. The number of sulfonamides is 1. The maximum absolute atomic E-state index is 11.6. The van der Waals surface area contributed by atoms with Gasteiger partial charge in [0.15, 0.2) is 0 Å². The third-order valence-corrected chi connectivity index (χ3v) is 4.71. The molecule has 2 N–H and O–H groups in total. The second kappa shape index (κ2) is 7.83. The zero-order valence-electron chi connectivity index (χ0n) is 10.9. The molecule has 0 aliphatic rings. The van der Waals surface area contributed by atoms with Gasteiger partial charge in [0.1, 0.15) is 0 Å². The summed E-state index contributed by atoms with van der Waals surface area (Å²) in [7, 11) is -3.16. The highest BCUT2D eigenvalue weighted by Gasteiger charge is 2.09. The minimum atomic E-state index is -3.16. The molecule has 1 heterocycles. The molecule has 0 radical (unpaired) electrons. The van der Waals surface area contributed by atoms with Crippen LogP contribution in [0.3, 0.4) is 0 Å². The molecule has 0 spiro atoms. The first-order valence-electron chi connectivity index (χ1n) is 6.12. The standard InChI is InChI=1S/C11H21N3O2S2/c1-3-5-12-7-8-18(15,16)13-6-4-11-14-10(2)9-17-11/h9,12-13H,3-8H2,1-2H3. The van der Waals surface area contributed by atoms with Crippen molar-refractivity contribution in [2.75, 3.05) is 25.4 Å². The molecule has 0 aliphatic carbocycles. The number of nitrogens with zero attached hydrogens (tertiary/aromatic N) is 1. The van der Waals surface area contributed by atoms with E-state index in [4.69, 9.17) is 0 Å². The average Bonchev–Trinajstić information content (AvgIpc) is 2.70. The van der Waals surface area contributed by atoms with Gasteiger partial charge in [0.25, 0.3) is 0 Å². The summed E-state index contributed by atoms with van der Waals surface area (Å²) >= 11 is 1.57. The van der Waals surface area contributed by atoms with Gasteiger partial charge in [-0.2, -0.15) is 0 Å². The summed E-state index contributed by atoms with van der Waals surface area (Å²) in [4.78, 5) is 4.29. The Morgan fingerprint density at radius 3 is 2.72 bits per heavy atom. The Morgan fingerprint density at radius 1 is 1.33 bits per heavy atom. The van der Waals surface area contributed by atoms with Gasteiger partial charge in [-0.3, -0.25) is 0 Å². The second-order valence-electron chi connectivity index (χ2n) is 4.10. The van der Waals surface area contributed by atoms with Crippen molar-refractivity contribution >= 4 is 21.4 Å². The minimum absolute atomic E-state index is 0.129. The molecule has 5 nitrogen and oxygen atoms in total. The zero-order chi connectivity index (χ0) is 13.4. The van der Waals surface area contributed by atoms with Crippen LogP contribution < -0.4 is 10.0 Å². The summed E-state index contributed by atoms with van der Waals surface area (Å²) in [5.41, 5.74) is 0.988. The molecule has 0 saturated carbocycles. The molecule has 104 valence electrons. The number of nitrogens with one attached hydrogen (secondary N) is 2. The van der Waals surface area contributed by atoms with Crippen LogP contribution in [0.5, 0.6) is 0 Å². The summed E-state index contributed by atoms with van der Waals surface area (Å²) in [6.45, 7) is 5.76. The van der Waals surface area contributed by atoms with Crippen molar-refractivity contribution in [1.29, 1.82) is 0 Å². The number of hydrogen-bond donors (Lipinski definition) is 2. The smallest absolute Gasteiger partial charge is 0.212 e. The lowest BCUT2D eigenvalue weighted by Gasteiger charge is -2.06. The summed E-state index contributed by atoms with van der Waals surface area (Å²) < 4.78 is 25.8. The van der Waals surface area contributed by atoms with Gasteiger partial charge < -0.3 is 5.32 Å². The summed E-state index contributed by atoms with van der Waals surface area (Å²) in [5, 5.41) is 6.02. The number of rotatable bonds is 9. The average molecular weight is 291 g/mol. The van der Waals surface area contributed by atoms with Crippen LogP contribution in [-0.2, 0) is 16.4 Å². The summed E-state index contributed by atoms with van der Waals surface area (Å²) in [5.74, 6) is 0.129. The Kier molecular flexibility index (Phi) is 6.77. The molecule has 0 saturated heterocycles. The monoisotopic (exact) mass is 291 g/mol. The molecule has 7 heteroatoms. The van der Waals surface area contributed by atoms with Gasteiger partial charge in [-0.1, -0.05) is 6.92 Å². The molecule has 0 aliphatic heterocycles. The first-order chi connectivity index (χ1) is 8.53. The summed E-state index contributed by atoms with van der Waals surface area (Å²) in [6, 6.07) is 0. The lowest BCUT2D eigenvalue weighted by atomic mass is 10.4. The van der Waals surface area contributed by atoms with Crippen LogP contribution >= 0.6 is 11.3 Å². The Morgan fingerprint density at radius 2 is 2.11 bits per heavy atom. The maximum atomic E-state index is 11.6. The van der Waals surface area contributed by atoms with Crippen LogP contribution in [0.15, 0.2) is 5.38 Å². The van der Waals surface area contributed by atoms with Crippen molar-refractivity contribution < 1.29 is 8.42 Å². The Balaban J connectivity index is 2.20. The van der Waals surface area contributed by atoms with Crippen LogP contribution in [0.2, 0.25) is 0 Å². The Labute approximate surface area is 113 Å². The lowest BCUT2D eigenvalue weighted by molar-refractivity contribution is 0.576. The van der Waals surface area contributed by atoms with Crippen molar-refractivity contribution in [3.05, 3.63) is 16.1 Å². The van der Waals surface area contributed by atoms with E-state index in [1.54, 1.807) is 11.3 Å². The first-order valence-corrected chi connectivity index (χ1v) is 8.66. The van der Waals surface area contributed by atoms with Crippen LogP contribution in [0.25, 0.3) is 0 Å². The molecule has 0 atom stereocenters. The fourth-order valence-corrected chi connectivity index (χ4v) is 3.16. The molecule has 0 bridgehead atoms. The number of thiazole rings is 1. The van der Waals surface area contributed by atoms with E-state index in [9.17, 15) is 8.42 Å². The summed E-state index contributed by atoms with van der Waals surface area (Å²) in [6.07, 6.45) is 1.66. The SMILES string of the molecule is CCCNCCS(=O)(=O)NCCc1nc(C)cs1. The Hall–Kier alpha value is -0.500. The normalized spacial score (nSPS) is 11.9.